The minimum Gasteiger partial charge on any atom is -0.472 e. The van der Waals surface area contributed by atoms with Gasteiger partial charge in [-0.15, -0.1) is 0 Å². The van der Waals surface area contributed by atoms with E-state index in [0.29, 0.717) is 18.1 Å². The summed E-state index contributed by atoms with van der Waals surface area (Å²) in [6.07, 6.45) is 0.778. The lowest BCUT2D eigenvalue weighted by Gasteiger charge is -2.08. The number of ether oxygens (including phenoxy) is 1. The first-order valence-electron chi connectivity index (χ1n) is 6.38. The molecule has 1 heterocycles. The molecule has 20 heavy (non-hydrogen) atoms. The SMILES string of the molecule is O=Cc1cc2ccccc2nc1OCc1ccccc1. The number of carbonyl (C=O) groups excluding carboxylic acids is 1. The quantitative estimate of drug-likeness (QED) is 0.675. The number of rotatable bonds is 4. The number of hydrogen-bond acceptors (Lipinski definition) is 3. The van der Waals surface area contributed by atoms with Gasteiger partial charge in [0.15, 0.2) is 6.29 Å². The van der Waals surface area contributed by atoms with Crippen molar-refractivity contribution >= 4 is 17.2 Å². The number of fused-ring (bicyclic) bond motifs is 1. The van der Waals surface area contributed by atoms with Crippen LogP contribution in [0.25, 0.3) is 10.9 Å². The van der Waals surface area contributed by atoms with E-state index in [-0.39, 0.29) is 0 Å². The van der Waals surface area contributed by atoms with Crippen molar-refractivity contribution in [3.63, 3.8) is 0 Å². The topological polar surface area (TPSA) is 39.2 Å². The largest absolute Gasteiger partial charge is 0.472 e. The highest BCUT2D eigenvalue weighted by atomic mass is 16.5. The molecule has 0 aliphatic rings. The lowest BCUT2D eigenvalue weighted by molar-refractivity contribution is 0.111. The Labute approximate surface area is 116 Å². The summed E-state index contributed by atoms with van der Waals surface area (Å²) in [5.74, 6) is 0.377. The summed E-state index contributed by atoms with van der Waals surface area (Å²) in [6, 6.07) is 19.3. The van der Waals surface area contributed by atoms with Crippen molar-refractivity contribution in [2.75, 3.05) is 0 Å². The number of aromatic nitrogens is 1. The van der Waals surface area contributed by atoms with E-state index in [9.17, 15) is 4.79 Å². The van der Waals surface area contributed by atoms with E-state index in [1.165, 1.54) is 0 Å². The highest BCUT2D eigenvalue weighted by Gasteiger charge is 2.07. The third kappa shape index (κ3) is 2.52. The van der Waals surface area contributed by atoms with E-state index in [4.69, 9.17) is 4.74 Å². The van der Waals surface area contributed by atoms with E-state index < -0.39 is 0 Å². The predicted octanol–water partition coefficient (Wildman–Crippen LogP) is 3.63. The Morgan fingerprint density at radius 2 is 1.75 bits per heavy atom. The van der Waals surface area contributed by atoms with Gasteiger partial charge >= 0.3 is 0 Å². The molecule has 0 radical (unpaired) electrons. The standard InChI is InChI=1S/C17H13NO2/c19-11-15-10-14-8-4-5-9-16(14)18-17(15)20-12-13-6-2-1-3-7-13/h1-11H,12H2. The summed E-state index contributed by atoms with van der Waals surface area (Å²) < 4.78 is 5.68. The highest BCUT2D eigenvalue weighted by Crippen LogP contribution is 2.21. The maximum atomic E-state index is 11.2. The van der Waals surface area contributed by atoms with Crippen molar-refractivity contribution in [3.8, 4) is 5.88 Å². The molecule has 3 rings (SSSR count). The Morgan fingerprint density at radius 3 is 2.55 bits per heavy atom. The molecular weight excluding hydrogens is 250 g/mol. The smallest absolute Gasteiger partial charge is 0.225 e. The average Bonchev–Trinajstić information content (AvgIpc) is 2.53. The Bertz CT molecular complexity index is 738. The van der Waals surface area contributed by atoms with Crippen LogP contribution in [0.15, 0.2) is 60.7 Å². The first-order chi connectivity index (χ1) is 9.86. The van der Waals surface area contributed by atoms with Crippen LogP contribution in [0.4, 0.5) is 0 Å². The second-order valence-electron chi connectivity index (χ2n) is 4.47. The van der Waals surface area contributed by atoms with E-state index in [1.54, 1.807) is 6.07 Å². The van der Waals surface area contributed by atoms with Crippen LogP contribution in [0.3, 0.4) is 0 Å². The molecule has 0 bridgehead atoms. The molecule has 0 aliphatic heterocycles. The van der Waals surface area contributed by atoms with Crippen molar-refractivity contribution in [1.82, 2.24) is 4.98 Å². The maximum Gasteiger partial charge on any atom is 0.225 e. The molecule has 2 aromatic carbocycles. The van der Waals surface area contributed by atoms with Gasteiger partial charge in [-0.05, 0) is 17.7 Å². The number of benzene rings is 2. The minimum absolute atomic E-state index is 0.377. The first-order valence-corrected chi connectivity index (χ1v) is 6.38. The maximum absolute atomic E-state index is 11.2. The van der Waals surface area contributed by atoms with Crippen LogP contribution in [0, 0.1) is 0 Å². The molecule has 0 saturated heterocycles. The molecule has 0 unspecified atom stereocenters. The molecule has 3 aromatic rings. The Balaban J connectivity index is 1.92. The van der Waals surface area contributed by atoms with E-state index in [0.717, 1.165) is 22.8 Å². The van der Waals surface area contributed by atoms with Crippen LogP contribution < -0.4 is 4.74 Å². The van der Waals surface area contributed by atoms with Gasteiger partial charge in [-0.2, -0.15) is 0 Å². The average molecular weight is 263 g/mol. The van der Waals surface area contributed by atoms with Gasteiger partial charge in [-0.25, -0.2) is 4.98 Å². The fraction of sp³-hybridized carbons (Fsp3) is 0.0588. The number of pyridine rings is 1. The monoisotopic (exact) mass is 263 g/mol. The van der Waals surface area contributed by atoms with Gasteiger partial charge in [0.05, 0.1) is 11.1 Å². The molecule has 0 spiro atoms. The third-order valence-corrected chi connectivity index (χ3v) is 3.06. The summed E-state index contributed by atoms with van der Waals surface area (Å²) >= 11 is 0. The summed E-state index contributed by atoms with van der Waals surface area (Å²) in [6.45, 7) is 0.396. The zero-order chi connectivity index (χ0) is 13.8. The van der Waals surface area contributed by atoms with Gasteiger partial charge in [0.25, 0.3) is 0 Å². The molecule has 0 atom stereocenters. The van der Waals surface area contributed by atoms with Crippen LogP contribution in [0.2, 0.25) is 0 Å². The van der Waals surface area contributed by atoms with Crippen molar-refractivity contribution in [2.24, 2.45) is 0 Å². The molecule has 3 heteroatoms. The number of hydrogen-bond donors (Lipinski definition) is 0. The van der Waals surface area contributed by atoms with Crippen LogP contribution in [0.5, 0.6) is 5.88 Å². The second kappa shape index (κ2) is 5.53. The summed E-state index contributed by atoms with van der Waals surface area (Å²) in [5, 5.41) is 0.932. The first kappa shape index (κ1) is 12.4. The lowest BCUT2D eigenvalue weighted by atomic mass is 10.1. The van der Waals surface area contributed by atoms with Gasteiger partial charge in [0.1, 0.15) is 6.61 Å². The molecule has 1 aromatic heterocycles. The summed E-state index contributed by atoms with van der Waals surface area (Å²) in [5.41, 5.74) is 2.33. The number of nitrogens with zero attached hydrogens (tertiary/aromatic N) is 1. The number of aldehydes is 1. The molecule has 0 aliphatic carbocycles. The molecule has 0 fully saturated rings. The summed E-state index contributed by atoms with van der Waals surface area (Å²) in [4.78, 5) is 15.6. The van der Waals surface area contributed by atoms with Crippen molar-refractivity contribution < 1.29 is 9.53 Å². The van der Waals surface area contributed by atoms with Crippen LogP contribution >= 0.6 is 0 Å². The van der Waals surface area contributed by atoms with Crippen LogP contribution in [0.1, 0.15) is 15.9 Å². The molecule has 0 saturated carbocycles. The zero-order valence-electron chi connectivity index (χ0n) is 10.8. The van der Waals surface area contributed by atoms with Crippen molar-refractivity contribution in [1.29, 1.82) is 0 Å². The molecule has 3 nitrogen and oxygen atoms in total. The predicted molar refractivity (Wildman–Crippen MR) is 77.9 cm³/mol. The summed E-state index contributed by atoms with van der Waals surface area (Å²) in [7, 11) is 0. The Hall–Kier alpha value is -2.68. The van der Waals surface area contributed by atoms with Crippen molar-refractivity contribution in [2.45, 2.75) is 6.61 Å². The number of carbonyl (C=O) groups is 1. The van der Waals surface area contributed by atoms with Crippen molar-refractivity contribution in [3.05, 3.63) is 71.8 Å². The third-order valence-electron chi connectivity index (χ3n) is 3.06. The van der Waals surface area contributed by atoms with Gasteiger partial charge in [0.2, 0.25) is 5.88 Å². The number of para-hydroxylation sites is 1. The van der Waals surface area contributed by atoms with Gasteiger partial charge in [-0.3, -0.25) is 4.79 Å². The molecule has 0 amide bonds. The fourth-order valence-corrected chi connectivity index (χ4v) is 2.04. The normalized spacial score (nSPS) is 10.4. The molecule has 98 valence electrons. The minimum atomic E-state index is 0.377. The molecule has 0 N–H and O–H groups in total. The van der Waals surface area contributed by atoms with Gasteiger partial charge in [0, 0.05) is 5.39 Å². The second-order valence-corrected chi connectivity index (χ2v) is 4.47. The van der Waals surface area contributed by atoms with Gasteiger partial charge in [-0.1, -0.05) is 48.5 Å². The zero-order valence-corrected chi connectivity index (χ0v) is 10.8. The van der Waals surface area contributed by atoms with E-state index >= 15 is 0 Å². The van der Waals surface area contributed by atoms with Crippen LogP contribution in [-0.4, -0.2) is 11.3 Å². The van der Waals surface area contributed by atoms with E-state index in [1.807, 2.05) is 54.6 Å². The van der Waals surface area contributed by atoms with Gasteiger partial charge < -0.3 is 4.74 Å². The Kier molecular flexibility index (Phi) is 3.42. The van der Waals surface area contributed by atoms with E-state index in [2.05, 4.69) is 4.98 Å². The molecular formula is C17H13NO2. The fourth-order valence-electron chi connectivity index (χ4n) is 2.04. The van der Waals surface area contributed by atoms with Crippen LogP contribution in [-0.2, 0) is 6.61 Å². The highest BCUT2D eigenvalue weighted by molar-refractivity contribution is 5.88. The Morgan fingerprint density at radius 1 is 1.00 bits per heavy atom. The lowest BCUT2D eigenvalue weighted by Crippen LogP contribution is -2.00.